The lowest BCUT2D eigenvalue weighted by molar-refractivity contribution is -0.0438. The van der Waals surface area contributed by atoms with Crippen molar-refractivity contribution in [1.29, 1.82) is 5.26 Å². The molecule has 0 unspecified atom stereocenters. The normalized spacial score (nSPS) is 30.1. The SMILES string of the molecule is Cc1c(N[C@@H]2CC[C@H](O)[C@@]2(C)O)ccc(C#N)c1Cl. The third kappa shape index (κ3) is 2.42. The number of benzene rings is 1. The van der Waals surface area contributed by atoms with Gasteiger partial charge in [0.1, 0.15) is 11.7 Å². The highest BCUT2D eigenvalue weighted by Crippen LogP contribution is 2.34. The van der Waals surface area contributed by atoms with Crippen LogP contribution in [0.1, 0.15) is 30.9 Å². The smallest absolute Gasteiger partial charge is 0.108 e. The first-order valence-corrected chi connectivity index (χ1v) is 6.62. The molecule has 0 heterocycles. The first-order chi connectivity index (χ1) is 8.87. The number of hydrogen-bond donors (Lipinski definition) is 3. The van der Waals surface area contributed by atoms with Crippen molar-refractivity contribution in [2.45, 2.75) is 44.4 Å². The zero-order valence-corrected chi connectivity index (χ0v) is 11.7. The van der Waals surface area contributed by atoms with Crippen LogP contribution in [-0.2, 0) is 0 Å². The van der Waals surface area contributed by atoms with E-state index in [1.165, 1.54) is 0 Å². The molecule has 0 amide bonds. The molecule has 102 valence electrons. The van der Waals surface area contributed by atoms with Crippen molar-refractivity contribution >= 4 is 17.3 Å². The maximum atomic E-state index is 10.2. The third-order valence-corrected chi connectivity index (χ3v) is 4.43. The summed E-state index contributed by atoms with van der Waals surface area (Å²) in [5, 5.41) is 32.5. The summed E-state index contributed by atoms with van der Waals surface area (Å²) in [5.41, 5.74) is 0.830. The molecule has 2 rings (SSSR count). The fraction of sp³-hybridized carbons (Fsp3) is 0.500. The predicted octanol–water partition coefficient (Wildman–Crippen LogP) is 2.21. The standard InChI is InChI=1S/C14H17ClN2O2/c1-8-10(4-3-9(7-16)13(8)15)17-11-5-6-12(18)14(11,2)19/h3-4,11-12,17-19H,5-6H2,1-2H3/t11-,12+,14+/m1/s1. The van der Waals surface area contributed by atoms with E-state index in [0.29, 0.717) is 23.4 Å². The van der Waals surface area contributed by atoms with Crippen LogP contribution < -0.4 is 5.32 Å². The van der Waals surface area contributed by atoms with Gasteiger partial charge in [-0.25, -0.2) is 0 Å². The van der Waals surface area contributed by atoms with E-state index in [-0.39, 0.29) is 6.04 Å². The fourth-order valence-corrected chi connectivity index (χ4v) is 2.68. The molecule has 1 aromatic carbocycles. The summed E-state index contributed by atoms with van der Waals surface area (Å²) in [5.74, 6) is 0. The molecular weight excluding hydrogens is 264 g/mol. The average Bonchev–Trinajstić information content (AvgIpc) is 2.62. The van der Waals surface area contributed by atoms with Crippen LogP contribution in [0.2, 0.25) is 5.02 Å². The number of nitriles is 1. The van der Waals surface area contributed by atoms with E-state index in [1.807, 2.05) is 13.0 Å². The summed E-state index contributed by atoms with van der Waals surface area (Å²) < 4.78 is 0. The molecule has 19 heavy (non-hydrogen) atoms. The monoisotopic (exact) mass is 280 g/mol. The second-order valence-electron chi connectivity index (χ2n) is 5.23. The van der Waals surface area contributed by atoms with Gasteiger partial charge in [-0.2, -0.15) is 5.26 Å². The van der Waals surface area contributed by atoms with E-state index in [0.717, 1.165) is 11.3 Å². The van der Waals surface area contributed by atoms with Crippen molar-refractivity contribution < 1.29 is 10.2 Å². The van der Waals surface area contributed by atoms with Crippen molar-refractivity contribution in [2.75, 3.05) is 5.32 Å². The minimum absolute atomic E-state index is 0.231. The Hall–Kier alpha value is -1.28. The lowest BCUT2D eigenvalue weighted by Crippen LogP contribution is -2.46. The number of halogens is 1. The van der Waals surface area contributed by atoms with Gasteiger partial charge in [-0.05, 0) is 44.4 Å². The molecule has 0 aromatic heterocycles. The van der Waals surface area contributed by atoms with Crippen molar-refractivity contribution in [3.8, 4) is 6.07 Å². The highest BCUT2D eigenvalue weighted by Gasteiger charge is 2.44. The molecule has 0 spiro atoms. The van der Waals surface area contributed by atoms with E-state index < -0.39 is 11.7 Å². The molecule has 0 aliphatic heterocycles. The van der Waals surface area contributed by atoms with Crippen LogP contribution in [0.25, 0.3) is 0 Å². The van der Waals surface area contributed by atoms with Gasteiger partial charge in [-0.1, -0.05) is 11.6 Å². The first kappa shape index (κ1) is 14.1. The van der Waals surface area contributed by atoms with Gasteiger partial charge in [-0.15, -0.1) is 0 Å². The molecule has 3 atom stereocenters. The van der Waals surface area contributed by atoms with E-state index in [4.69, 9.17) is 16.9 Å². The summed E-state index contributed by atoms with van der Waals surface area (Å²) in [7, 11) is 0. The number of nitrogens with zero attached hydrogens (tertiary/aromatic N) is 1. The van der Waals surface area contributed by atoms with E-state index in [2.05, 4.69) is 5.32 Å². The topological polar surface area (TPSA) is 76.3 Å². The van der Waals surface area contributed by atoms with E-state index in [1.54, 1.807) is 19.1 Å². The minimum Gasteiger partial charge on any atom is -0.390 e. The molecule has 4 nitrogen and oxygen atoms in total. The maximum Gasteiger partial charge on any atom is 0.108 e. The van der Waals surface area contributed by atoms with Gasteiger partial charge in [0, 0.05) is 5.69 Å². The van der Waals surface area contributed by atoms with Crippen LogP contribution in [-0.4, -0.2) is 28.0 Å². The Morgan fingerprint density at radius 1 is 1.47 bits per heavy atom. The van der Waals surface area contributed by atoms with Gasteiger partial charge >= 0.3 is 0 Å². The van der Waals surface area contributed by atoms with E-state index in [9.17, 15) is 10.2 Å². The van der Waals surface area contributed by atoms with Gasteiger partial charge in [0.25, 0.3) is 0 Å². The number of rotatable bonds is 2. The lowest BCUT2D eigenvalue weighted by Gasteiger charge is -2.30. The van der Waals surface area contributed by atoms with Gasteiger partial charge in [0.2, 0.25) is 0 Å². The Labute approximate surface area is 117 Å². The Morgan fingerprint density at radius 2 is 2.16 bits per heavy atom. The highest BCUT2D eigenvalue weighted by atomic mass is 35.5. The van der Waals surface area contributed by atoms with E-state index >= 15 is 0 Å². The van der Waals surface area contributed by atoms with Crippen LogP contribution in [0.4, 0.5) is 5.69 Å². The minimum atomic E-state index is -1.16. The highest BCUT2D eigenvalue weighted by molar-refractivity contribution is 6.32. The molecule has 5 heteroatoms. The number of hydrogen-bond acceptors (Lipinski definition) is 4. The molecule has 1 aromatic rings. The Morgan fingerprint density at radius 3 is 2.68 bits per heavy atom. The largest absolute Gasteiger partial charge is 0.390 e. The molecule has 3 N–H and O–H groups in total. The number of aliphatic hydroxyl groups is 2. The fourth-order valence-electron chi connectivity index (χ4n) is 2.47. The molecular formula is C14H17ClN2O2. The summed E-state index contributed by atoms with van der Waals surface area (Å²) >= 11 is 6.11. The number of anilines is 1. The Balaban J connectivity index is 2.26. The number of aliphatic hydroxyl groups excluding tert-OH is 1. The van der Waals surface area contributed by atoms with Crippen molar-refractivity contribution in [2.24, 2.45) is 0 Å². The second kappa shape index (κ2) is 5.01. The first-order valence-electron chi connectivity index (χ1n) is 6.24. The summed E-state index contributed by atoms with van der Waals surface area (Å²) in [6, 6.07) is 5.23. The zero-order chi connectivity index (χ0) is 14.2. The maximum absolute atomic E-state index is 10.2. The molecule has 1 saturated carbocycles. The van der Waals surface area contributed by atoms with Gasteiger partial charge in [0.05, 0.1) is 22.7 Å². The quantitative estimate of drug-likeness (QED) is 0.776. The summed E-state index contributed by atoms with van der Waals surface area (Å²) in [6.07, 6.45) is 0.526. The lowest BCUT2D eigenvalue weighted by atomic mass is 9.97. The summed E-state index contributed by atoms with van der Waals surface area (Å²) in [4.78, 5) is 0. The van der Waals surface area contributed by atoms with Crippen LogP contribution in [0.5, 0.6) is 0 Å². The van der Waals surface area contributed by atoms with Gasteiger partial charge in [0.15, 0.2) is 0 Å². The molecule has 0 bridgehead atoms. The molecule has 1 fully saturated rings. The Kier molecular flexibility index (Phi) is 3.73. The van der Waals surface area contributed by atoms with Crippen molar-refractivity contribution in [1.82, 2.24) is 0 Å². The number of nitrogens with one attached hydrogen (secondary N) is 1. The van der Waals surface area contributed by atoms with Crippen LogP contribution >= 0.6 is 11.6 Å². The zero-order valence-electron chi connectivity index (χ0n) is 10.9. The van der Waals surface area contributed by atoms with Crippen LogP contribution in [0, 0.1) is 18.3 Å². The Bertz CT molecular complexity index is 537. The second-order valence-corrected chi connectivity index (χ2v) is 5.61. The summed E-state index contributed by atoms with van der Waals surface area (Å²) in [6.45, 7) is 3.45. The van der Waals surface area contributed by atoms with Crippen molar-refractivity contribution in [3.63, 3.8) is 0 Å². The predicted molar refractivity (Wildman–Crippen MR) is 74.2 cm³/mol. The molecule has 1 aliphatic rings. The average molecular weight is 281 g/mol. The van der Waals surface area contributed by atoms with Crippen LogP contribution in [0.3, 0.4) is 0 Å². The van der Waals surface area contributed by atoms with Crippen molar-refractivity contribution in [3.05, 3.63) is 28.3 Å². The third-order valence-electron chi connectivity index (χ3n) is 3.95. The van der Waals surface area contributed by atoms with Gasteiger partial charge < -0.3 is 15.5 Å². The van der Waals surface area contributed by atoms with Gasteiger partial charge in [-0.3, -0.25) is 0 Å². The molecule has 0 saturated heterocycles. The molecule has 1 aliphatic carbocycles. The van der Waals surface area contributed by atoms with Crippen LogP contribution in [0.15, 0.2) is 12.1 Å². The molecule has 0 radical (unpaired) electrons.